The Balaban J connectivity index is 2.11. The van der Waals surface area contributed by atoms with Crippen LogP contribution in [-0.2, 0) is 4.79 Å². The fourth-order valence-corrected chi connectivity index (χ4v) is 2.57. The number of nitrogens with two attached hydrogens (primary N) is 1. The summed E-state index contributed by atoms with van der Waals surface area (Å²) in [6, 6.07) is 12.9. The van der Waals surface area contributed by atoms with Crippen molar-refractivity contribution in [3.63, 3.8) is 0 Å². The zero-order valence-corrected chi connectivity index (χ0v) is 10.4. The van der Waals surface area contributed by atoms with Gasteiger partial charge < -0.3 is 10.5 Å². The molecule has 0 radical (unpaired) electrons. The van der Waals surface area contributed by atoms with Crippen LogP contribution in [0.2, 0.25) is 0 Å². The lowest BCUT2D eigenvalue weighted by atomic mass is 9.86. The van der Waals surface area contributed by atoms with Crippen LogP contribution >= 0.6 is 0 Å². The number of carbonyl (C=O) groups excluding carboxylic acids is 1. The van der Waals surface area contributed by atoms with E-state index in [1.165, 1.54) is 0 Å². The van der Waals surface area contributed by atoms with Crippen LogP contribution in [0.3, 0.4) is 0 Å². The van der Waals surface area contributed by atoms with Crippen molar-refractivity contribution in [1.29, 1.82) is 0 Å². The molecule has 0 saturated carbocycles. The van der Waals surface area contributed by atoms with Gasteiger partial charge in [-0.25, -0.2) is 0 Å². The number of pyridine rings is 1. The lowest BCUT2D eigenvalue weighted by Crippen LogP contribution is -2.47. The molecule has 3 N–H and O–H groups in total. The van der Waals surface area contributed by atoms with Crippen molar-refractivity contribution in [2.24, 2.45) is 5.73 Å². The smallest absolute Gasteiger partial charge is 0.138 e. The van der Waals surface area contributed by atoms with E-state index in [0.29, 0.717) is 0 Å². The average molecular weight is 253 g/mol. The first-order valence-corrected chi connectivity index (χ1v) is 6.28. The second-order valence-corrected chi connectivity index (χ2v) is 4.67. The van der Waals surface area contributed by atoms with E-state index < -0.39 is 0 Å². The van der Waals surface area contributed by atoms with E-state index in [1.54, 1.807) is 6.20 Å². The molecule has 0 bridgehead atoms. The molecule has 1 aromatic heterocycles. The van der Waals surface area contributed by atoms with Crippen molar-refractivity contribution < 1.29 is 4.79 Å². The van der Waals surface area contributed by atoms with Crippen LogP contribution in [0.25, 0.3) is 0 Å². The maximum Gasteiger partial charge on any atom is 0.138 e. The Labute approximate surface area is 111 Å². The summed E-state index contributed by atoms with van der Waals surface area (Å²) in [6.45, 7) is 0. The van der Waals surface area contributed by atoms with Crippen molar-refractivity contribution in [3.05, 3.63) is 65.5 Å². The highest BCUT2D eigenvalue weighted by molar-refractivity contribution is 5.62. The first-order chi connectivity index (χ1) is 9.31. The van der Waals surface area contributed by atoms with E-state index >= 15 is 0 Å². The molecule has 4 nitrogen and oxygen atoms in total. The Morgan fingerprint density at radius 2 is 1.84 bits per heavy atom. The van der Waals surface area contributed by atoms with Gasteiger partial charge in [-0.05, 0) is 23.3 Å². The molecule has 0 amide bonds. The Morgan fingerprint density at radius 1 is 1.11 bits per heavy atom. The molecule has 3 rings (SSSR count). The van der Waals surface area contributed by atoms with E-state index in [2.05, 4.69) is 10.3 Å². The van der Waals surface area contributed by atoms with Crippen molar-refractivity contribution in [2.45, 2.75) is 18.1 Å². The maximum absolute atomic E-state index is 11.2. The molecule has 0 aliphatic carbocycles. The summed E-state index contributed by atoms with van der Waals surface area (Å²) in [6.07, 6.45) is 2.63. The fraction of sp³-hybridized carbons (Fsp3) is 0.200. The van der Waals surface area contributed by atoms with E-state index in [9.17, 15) is 4.79 Å². The van der Waals surface area contributed by atoms with Gasteiger partial charge in [-0.3, -0.25) is 10.3 Å². The summed E-state index contributed by atoms with van der Waals surface area (Å²) in [5, 5.41) is 3.27. The summed E-state index contributed by atoms with van der Waals surface area (Å²) >= 11 is 0. The van der Waals surface area contributed by atoms with Gasteiger partial charge >= 0.3 is 0 Å². The summed E-state index contributed by atoms with van der Waals surface area (Å²) in [7, 11) is 0. The number of benzene rings is 1. The fourth-order valence-electron chi connectivity index (χ4n) is 2.57. The normalized spacial score (nSPS) is 25.6. The van der Waals surface area contributed by atoms with Gasteiger partial charge in [-0.2, -0.15) is 0 Å². The summed E-state index contributed by atoms with van der Waals surface area (Å²) in [4.78, 5) is 15.6. The number of nitrogens with one attached hydrogen (secondary N) is 1. The van der Waals surface area contributed by atoms with Gasteiger partial charge in [0.15, 0.2) is 0 Å². The predicted molar refractivity (Wildman–Crippen MR) is 72.4 cm³/mol. The molecule has 3 atom stereocenters. The standard InChI is InChI=1S/C15H15N3O/c16-14-10-5-1-2-6-11(10)15(18-13(14)9-19)12-7-3-4-8-17-12/h1-9,13-15,18H,16H2. The third-order valence-electron chi connectivity index (χ3n) is 3.54. The Morgan fingerprint density at radius 3 is 2.53 bits per heavy atom. The van der Waals surface area contributed by atoms with Crippen LogP contribution in [0.4, 0.5) is 0 Å². The third kappa shape index (κ3) is 2.05. The largest absolute Gasteiger partial charge is 0.322 e. The Bertz CT molecular complexity index is 585. The molecular weight excluding hydrogens is 238 g/mol. The lowest BCUT2D eigenvalue weighted by Gasteiger charge is -2.34. The Kier molecular flexibility index (Phi) is 3.11. The van der Waals surface area contributed by atoms with Crippen LogP contribution in [0, 0.1) is 0 Å². The van der Waals surface area contributed by atoms with Crippen molar-refractivity contribution in [2.75, 3.05) is 0 Å². The number of carbonyl (C=O) groups is 1. The Hall–Kier alpha value is -2.04. The van der Waals surface area contributed by atoms with Crippen LogP contribution in [0.1, 0.15) is 28.9 Å². The molecule has 3 unspecified atom stereocenters. The number of hydrogen-bond acceptors (Lipinski definition) is 4. The highest BCUT2D eigenvalue weighted by Gasteiger charge is 2.32. The van der Waals surface area contributed by atoms with Gasteiger partial charge in [0.1, 0.15) is 6.29 Å². The van der Waals surface area contributed by atoms with E-state index in [4.69, 9.17) is 5.73 Å². The van der Waals surface area contributed by atoms with Gasteiger partial charge in [-0.15, -0.1) is 0 Å². The molecule has 0 fully saturated rings. The molecule has 1 aliphatic rings. The molecule has 96 valence electrons. The first kappa shape index (κ1) is 12.0. The predicted octanol–water partition coefficient (Wildman–Crippen LogP) is 1.34. The number of aromatic nitrogens is 1. The molecule has 0 saturated heterocycles. The van der Waals surface area contributed by atoms with Crippen molar-refractivity contribution >= 4 is 6.29 Å². The number of aldehydes is 1. The van der Waals surface area contributed by atoms with Crippen LogP contribution in [-0.4, -0.2) is 17.3 Å². The highest BCUT2D eigenvalue weighted by Crippen LogP contribution is 2.33. The van der Waals surface area contributed by atoms with Gasteiger partial charge in [0, 0.05) is 6.20 Å². The van der Waals surface area contributed by atoms with Gasteiger partial charge in [-0.1, -0.05) is 30.3 Å². The van der Waals surface area contributed by atoms with Crippen LogP contribution in [0.5, 0.6) is 0 Å². The maximum atomic E-state index is 11.2. The summed E-state index contributed by atoms with van der Waals surface area (Å²) in [5.41, 5.74) is 9.12. The molecule has 1 aromatic carbocycles. The van der Waals surface area contributed by atoms with E-state index in [0.717, 1.165) is 23.1 Å². The SMILES string of the molecule is NC1c2ccccc2C(c2ccccn2)NC1C=O. The lowest BCUT2D eigenvalue weighted by molar-refractivity contribution is -0.110. The van der Waals surface area contributed by atoms with Crippen LogP contribution in [0.15, 0.2) is 48.7 Å². The van der Waals surface area contributed by atoms with Crippen molar-refractivity contribution in [1.82, 2.24) is 10.3 Å². The number of rotatable bonds is 2. The minimum atomic E-state index is -0.387. The molecular formula is C15H15N3O. The third-order valence-corrected chi connectivity index (χ3v) is 3.54. The average Bonchev–Trinajstić information content (AvgIpc) is 2.49. The first-order valence-electron chi connectivity index (χ1n) is 6.28. The highest BCUT2D eigenvalue weighted by atomic mass is 16.1. The summed E-state index contributed by atoms with van der Waals surface area (Å²) < 4.78 is 0. The van der Waals surface area contributed by atoms with Gasteiger partial charge in [0.2, 0.25) is 0 Å². The summed E-state index contributed by atoms with van der Waals surface area (Å²) in [5.74, 6) is 0. The number of nitrogens with zero attached hydrogens (tertiary/aromatic N) is 1. The van der Waals surface area contributed by atoms with E-state index in [-0.39, 0.29) is 18.1 Å². The molecule has 19 heavy (non-hydrogen) atoms. The van der Waals surface area contributed by atoms with Gasteiger partial charge in [0.05, 0.1) is 23.8 Å². The van der Waals surface area contributed by atoms with Crippen LogP contribution < -0.4 is 11.1 Å². The molecule has 4 heteroatoms. The topological polar surface area (TPSA) is 68.0 Å². The van der Waals surface area contributed by atoms with Gasteiger partial charge in [0.25, 0.3) is 0 Å². The minimum Gasteiger partial charge on any atom is -0.322 e. The minimum absolute atomic E-state index is 0.0904. The zero-order valence-electron chi connectivity index (χ0n) is 10.4. The molecule has 2 heterocycles. The monoisotopic (exact) mass is 253 g/mol. The van der Waals surface area contributed by atoms with E-state index in [1.807, 2.05) is 42.5 Å². The molecule has 2 aromatic rings. The second kappa shape index (κ2) is 4.91. The number of fused-ring (bicyclic) bond motifs is 1. The van der Waals surface area contributed by atoms with Crippen molar-refractivity contribution in [3.8, 4) is 0 Å². The zero-order chi connectivity index (χ0) is 13.2. The molecule has 0 spiro atoms. The second-order valence-electron chi connectivity index (χ2n) is 4.67. The number of hydrogen-bond donors (Lipinski definition) is 2. The molecule has 1 aliphatic heterocycles. The quantitative estimate of drug-likeness (QED) is 0.793.